The first kappa shape index (κ1) is 20.5. The molecule has 0 radical (unpaired) electrons. The molecule has 1 N–H and O–H groups in total. The molecule has 0 aliphatic heterocycles. The van der Waals surface area contributed by atoms with Crippen molar-refractivity contribution in [2.45, 2.75) is 19.4 Å². The first-order chi connectivity index (χ1) is 13.7. The molecule has 0 unspecified atom stereocenters. The van der Waals surface area contributed by atoms with Crippen LogP contribution in [0.1, 0.15) is 19.5 Å². The van der Waals surface area contributed by atoms with Crippen molar-refractivity contribution >= 4 is 46.1 Å². The quantitative estimate of drug-likeness (QED) is 0.341. The largest absolute Gasteiger partial charge is 0.384 e. The van der Waals surface area contributed by atoms with Crippen LogP contribution in [0.25, 0.3) is 26.7 Å². The van der Waals surface area contributed by atoms with Gasteiger partial charge in [-0.1, -0.05) is 53.0 Å². The first-order valence-corrected chi connectivity index (χ1v) is 10.8. The first-order valence-electron chi connectivity index (χ1n) is 8.87. The highest BCUT2D eigenvalue weighted by atomic mass is 35.5. The van der Waals surface area contributed by atoms with Gasteiger partial charge in [0.05, 0.1) is 37.0 Å². The minimum atomic E-state index is -1.08. The van der Waals surface area contributed by atoms with E-state index in [2.05, 4.69) is 5.10 Å². The number of hydrogen-bond donors (Lipinski definition) is 1. The number of rotatable bonds is 4. The Balaban J connectivity index is 1.85. The molecule has 0 saturated carbocycles. The number of hydrogen-bond acceptors (Lipinski definition) is 3. The van der Waals surface area contributed by atoms with Crippen molar-refractivity contribution in [1.29, 1.82) is 0 Å². The maximum absolute atomic E-state index is 10.5. The zero-order chi connectivity index (χ0) is 20.8. The van der Waals surface area contributed by atoms with Gasteiger partial charge < -0.3 is 5.11 Å². The molecule has 0 atom stereocenters. The Kier molecular flexibility index (Phi) is 5.49. The van der Waals surface area contributed by atoms with E-state index in [1.54, 1.807) is 35.9 Å². The van der Waals surface area contributed by atoms with Crippen LogP contribution in [0.5, 0.6) is 0 Å². The molecule has 2 aromatic heterocycles. The average Bonchev–Trinajstić information content (AvgIpc) is 3.31. The minimum Gasteiger partial charge on any atom is -0.384 e. The molecule has 4 rings (SSSR count). The lowest BCUT2D eigenvalue weighted by atomic mass is 10.1. The van der Waals surface area contributed by atoms with Gasteiger partial charge in [-0.05, 0) is 61.9 Å². The molecular formula is C22H17Cl3N2OS. The number of para-hydroxylation sites is 1. The van der Waals surface area contributed by atoms with Crippen LogP contribution in [0.2, 0.25) is 15.1 Å². The number of benzene rings is 2. The molecule has 148 valence electrons. The van der Waals surface area contributed by atoms with Gasteiger partial charge >= 0.3 is 0 Å². The molecule has 0 spiro atoms. The second-order valence-electron chi connectivity index (χ2n) is 7.13. The monoisotopic (exact) mass is 462 g/mol. The topological polar surface area (TPSA) is 38.0 Å². The minimum absolute atomic E-state index is 0.518. The highest BCUT2D eigenvalue weighted by molar-refractivity contribution is 7.18. The highest BCUT2D eigenvalue weighted by Crippen LogP contribution is 2.39. The molecule has 0 saturated heterocycles. The summed E-state index contributed by atoms with van der Waals surface area (Å²) in [6.45, 7) is 3.43. The van der Waals surface area contributed by atoms with Gasteiger partial charge in [0.1, 0.15) is 5.60 Å². The van der Waals surface area contributed by atoms with Crippen molar-refractivity contribution in [3.05, 3.63) is 81.4 Å². The van der Waals surface area contributed by atoms with E-state index in [4.69, 9.17) is 34.8 Å². The summed E-state index contributed by atoms with van der Waals surface area (Å²) in [7, 11) is 0. The third-order valence-electron chi connectivity index (χ3n) is 4.48. The van der Waals surface area contributed by atoms with Crippen LogP contribution in [-0.4, -0.2) is 14.9 Å². The zero-order valence-corrected chi connectivity index (χ0v) is 18.7. The van der Waals surface area contributed by atoms with Crippen LogP contribution in [0.15, 0.2) is 60.7 Å². The fourth-order valence-corrected chi connectivity index (χ4v) is 4.46. The third-order valence-corrected chi connectivity index (χ3v) is 6.69. The van der Waals surface area contributed by atoms with Gasteiger partial charge in [0.2, 0.25) is 0 Å². The van der Waals surface area contributed by atoms with Crippen LogP contribution >= 0.6 is 46.1 Å². The summed E-state index contributed by atoms with van der Waals surface area (Å²) in [4.78, 5) is 2.05. The summed E-state index contributed by atoms with van der Waals surface area (Å²) in [6.07, 6.45) is 0. The average molecular weight is 464 g/mol. The molecule has 3 nitrogen and oxygen atoms in total. The summed E-state index contributed by atoms with van der Waals surface area (Å²) in [5.41, 5.74) is 2.08. The van der Waals surface area contributed by atoms with E-state index in [9.17, 15) is 5.11 Å². The predicted octanol–water partition coefficient (Wildman–Crippen LogP) is 7.46. The van der Waals surface area contributed by atoms with E-state index in [-0.39, 0.29) is 0 Å². The van der Waals surface area contributed by atoms with Crippen molar-refractivity contribution in [1.82, 2.24) is 9.78 Å². The Morgan fingerprint density at radius 1 is 0.862 bits per heavy atom. The van der Waals surface area contributed by atoms with E-state index in [1.165, 1.54) is 0 Å². The molecule has 0 aliphatic rings. The summed E-state index contributed by atoms with van der Waals surface area (Å²) in [6, 6.07) is 19.1. The molecule has 0 amide bonds. The van der Waals surface area contributed by atoms with Crippen molar-refractivity contribution in [3.63, 3.8) is 0 Å². The Bertz CT molecular complexity index is 1190. The molecule has 29 heavy (non-hydrogen) atoms. The number of halogens is 3. The molecule has 2 heterocycles. The van der Waals surface area contributed by atoms with Gasteiger partial charge in [-0.25, -0.2) is 4.68 Å². The Morgan fingerprint density at radius 3 is 2.28 bits per heavy atom. The van der Waals surface area contributed by atoms with E-state index in [0.29, 0.717) is 20.8 Å². The Hall–Kier alpha value is -1.82. The van der Waals surface area contributed by atoms with Crippen molar-refractivity contribution in [2.24, 2.45) is 0 Å². The molecule has 7 heteroatoms. The number of thiophene rings is 1. The second-order valence-corrected chi connectivity index (χ2v) is 9.44. The van der Waals surface area contributed by atoms with Crippen LogP contribution < -0.4 is 0 Å². The van der Waals surface area contributed by atoms with Crippen molar-refractivity contribution < 1.29 is 5.11 Å². The predicted molar refractivity (Wildman–Crippen MR) is 123 cm³/mol. The van der Waals surface area contributed by atoms with Gasteiger partial charge in [0.15, 0.2) is 0 Å². The second kappa shape index (κ2) is 7.78. The van der Waals surface area contributed by atoms with Gasteiger partial charge in [-0.2, -0.15) is 5.10 Å². The summed E-state index contributed by atoms with van der Waals surface area (Å²) in [5, 5.41) is 16.8. The summed E-state index contributed by atoms with van der Waals surface area (Å²) >= 11 is 20.3. The van der Waals surface area contributed by atoms with Crippen LogP contribution in [0, 0.1) is 0 Å². The number of aromatic nitrogens is 2. The van der Waals surface area contributed by atoms with Gasteiger partial charge in [-0.15, -0.1) is 11.3 Å². The van der Waals surface area contributed by atoms with E-state index < -0.39 is 5.60 Å². The number of aliphatic hydroxyl groups is 1. The SMILES string of the molecule is CC(C)(O)c1cc(-c2ccc(-c3ccc(Cl)c(Cl)c3)s2)n(-c2ccccc2Cl)n1. The lowest BCUT2D eigenvalue weighted by Gasteiger charge is -2.13. The molecule has 2 aromatic carbocycles. The summed E-state index contributed by atoms with van der Waals surface area (Å²) in [5.74, 6) is 0. The van der Waals surface area contributed by atoms with Crippen LogP contribution in [0.3, 0.4) is 0 Å². The van der Waals surface area contributed by atoms with Gasteiger partial charge in [0, 0.05) is 4.88 Å². The Morgan fingerprint density at radius 2 is 1.59 bits per heavy atom. The maximum Gasteiger partial charge on any atom is 0.103 e. The van der Waals surface area contributed by atoms with Crippen LogP contribution in [0.4, 0.5) is 0 Å². The normalized spacial score (nSPS) is 11.8. The van der Waals surface area contributed by atoms with Crippen LogP contribution in [-0.2, 0) is 5.60 Å². The summed E-state index contributed by atoms with van der Waals surface area (Å²) < 4.78 is 1.78. The number of nitrogens with zero attached hydrogens (tertiary/aromatic N) is 2. The maximum atomic E-state index is 10.5. The van der Waals surface area contributed by atoms with Gasteiger partial charge in [-0.3, -0.25) is 0 Å². The fourth-order valence-electron chi connectivity index (χ4n) is 2.94. The smallest absolute Gasteiger partial charge is 0.103 e. The zero-order valence-electron chi connectivity index (χ0n) is 15.7. The lowest BCUT2D eigenvalue weighted by molar-refractivity contribution is 0.0734. The molecular weight excluding hydrogens is 447 g/mol. The molecule has 4 aromatic rings. The Labute approximate surface area is 188 Å². The standard InChI is InChI=1S/C22H17Cl3N2OS/c1-22(2,28)21-12-18(27(26-21)17-6-4-3-5-15(17)24)20-10-9-19(29-20)13-7-8-14(23)16(25)11-13/h3-12,28H,1-2H3. The highest BCUT2D eigenvalue weighted by Gasteiger charge is 2.24. The van der Waals surface area contributed by atoms with Crippen molar-refractivity contribution in [3.8, 4) is 26.7 Å². The third kappa shape index (κ3) is 4.09. The van der Waals surface area contributed by atoms with E-state index in [0.717, 1.165) is 26.7 Å². The molecule has 0 bridgehead atoms. The van der Waals surface area contributed by atoms with E-state index in [1.807, 2.05) is 54.6 Å². The molecule has 0 fully saturated rings. The van der Waals surface area contributed by atoms with E-state index >= 15 is 0 Å². The van der Waals surface area contributed by atoms with Gasteiger partial charge in [0.25, 0.3) is 0 Å². The lowest BCUT2D eigenvalue weighted by Crippen LogP contribution is -2.16. The van der Waals surface area contributed by atoms with Crippen molar-refractivity contribution in [2.75, 3.05) is 0 Å². The fraction of sp³-hybridized carbons (Fsp3) is 0.136. The molecule has 0 aliphatic carbocycles.